The lowest BCUT2D eigenvalue weighted by Crippen LogP contribution is -2.30. The minimum Gasteiger partial charge on any atom is -0.457 e. The van der Waals surface area contributed by atoms with E-state index in [4.69, 9.17) is 21.3 Å². The van der Waals surface area contributed by atoms with Crippen molar-refractivity contribution in [1.29, 1.82) is 0 Å². The first-order valence-electron chi connectivity index (χ1n) is 11.4. The molecule has 0 unspecified atom stereocenters. The van der Waals surface area contributed by atoms with E-state index < -0.39 is 0 Å². The van der Waals surface area contributed by atoms with Crippen LogP contribution in [0.15, 0.2) is 48.5 Å². The van der Waals surface area contributed by atoms with Gasteiger partial charge in [-0.3, -0.25) is 4.79 Å². The van der Waals surface area contributed by atoms with Crippen molar-refractivity contribution in [3.63, 3.8) is 0 Å². The van der Waals surface area contributed by atoms with Gasteiger partial charge in [0, 0.05) is 23.8 Å². The molecule has 1 aliphatic heterocycles. The van der Waals surface area contributed by atoms with Crippen LogP contribution >= 0.6 is 22.9 Å². The van der Waals surface area contributed by atoms with Gasteiger partial charge in [-0.25, -0.2) is 9.97 Å². The summed E-state index contributed by atoms with van der Waals surface area (Å²) < 4.78 is 5.83. The van der Waals surface area contributed by atoms with Crippen LogP contribution in [0, 0.1) is 13.8 Å². The second-order valence-electron chi connectivity index (χ2n) is 8.41. The molecule has 6 nitrogen and oxygen atoms in total. The van der Waals surface area contributed by atoms with E-state index in [1.807, 2.05) is 50.2 Å². The van der Waals surface area contributed by atoms with Gasteiger partial charge in [-0.05, 0) is 87.2 Å². The summed E-state index contributed by atoms with van der Waals surface area (Å²) in [5.41, 5.74) is 1.63. The molecule has 34 heavy (non-hydrogen) atoms. The molecule has 0 radical (unpaired) electrons. The zero-order chi connectivity index (χ0) is 23.7. The normalized spacial score (nSPS) is 13.8. The summed E-state index contributed by atoms with van der Waals surface area (Å²) in [5, 5.41) is 4.66. The van der Waals surface area contributed by atoms with Crippen LogP contribution in [0.25, 0.3) is 10.2 Å². The van der Waals surface area contributed by atoms with E-state index in [0.717, 1.165) is 40.5 Å². The fraction of sp³-hybridized carbons (Fsp3) is 0.269. The summed E-state index contributed by atoms with van der Waals surface area (Å²) in [7, 11) is 0. The largest absolute Gasteiger partial charge is 0.457 e. The van der Waals surface area contributed by atoms with E-state index in [9.17, 15) is 4.79 Å². The highest BCUT2D eigenvalue weighted by molar-refractivity contribution is 7.20. The van der Waals surface area contributed by atoms with Crippen molar-refractivity contribution in [1.82, 2.24) is 9.97 Å². The van der Waals surface area contributed by atoms with Crippen molar-refractivity contribution in [3.05, 3.63) is 69.8 Å². The van der Waals surface area contributed by atoms with Crippen molar-refractivity contribution in [3.8, 4) is 11.5 Å². The minimum atomic E-state index is -0.144. The Balaban J connectivity index is 1.36. The highest BCUT2D eigenvalue weighted by Gasteiger charge is 2.23. The number of ether oxygens (including phenoxy) is 1. The van der Waals surface area contributed by atoms with Gasteiger partial charge in [-0.15, -0.1) is 11.3 Å². The summed E-state index contributed by atoms with van der Waals surface area (Å²) >= 11 is 7.35. The molecule has 0 bridgehead atoms. The first kappa shape index (κ1) is 22.6. The van der Waals surface area contributed by atoms with Gasteiger partial charge >= 0.3 is 0 Å². The lowest BCUT2D eigenvalue weighted by molar-refractivity contribution is 0.103. The van der Waals surface area contributed by atoms with Crippen molar-refractivity contribution in [2.45, 2.75) is 33.1 Å². The zero-order valence-corrected chi connectivity index (χ0v) is 20.7. The lowest BCUT2D eigenvalue weighted by atomic mass is 10.1. The maximum absolute atomic E-state index is 13.2. The predicted molar refractivity (Wildman–Crippen MR) is 139 cm³/mol. The molecule has 0 atom stereocenters. The highest BCUT2D eigenvalue weighted by Crippen LogP contribution is 2.37. The lowest BCUT2D eigenvalue weighted by Gasteiger charge is -2.28. The van der Waals surface area contributed by atoms with Crippen LogP contribution in [0.4, 0.5) is 11.5 Å². The number of hydrogen-bond acceptors (Lipinski definition) is 6. The third-order valence-corrected chi connectivity index (χ3v) is 7.34. The van der Waals surface area contributed by atoms with Crippen LogP contribution in [-0.2, 0) is 0 Å². The van der Waals surface area contributed by atoms with Gasteiger partial charge in [0.25, 0.3) is 5.91 Å². The van der Waals surface area contributed by atoms with Crippen molar-refractivity contribution < 1.29 is 9.53 Å². The molecule has 0 aliphatic carbocycles. The third-order valence-electron chi connectivity index (χ3n) is 5.91. The number of rotatable bonds is 5. The molecule has 174 valence electrons. The fourth-order valence-corrected chi connectivity index (χ4v) is 5.45. The molecule has 0 saturated carbocycles. The predicted octanol–water partition coefficient (Wildman–Crippen LogP) is 7.00. The Morgan fingerprint density at radius 2 is 1.62 bits per heavy atom. The average Bonchev–Trinajstić information content (AvgIpc) is 3.18. The van der Waals surface area contributed by atoms with Crippen LogP contribution in [0.1, 0.15) is 40.3 Å². The molecule has 1 fully saturated rings. The molecule has 1 amide bonds. The van der Waals surface area contributed by atoms with Gasteiger partial charge in [-0.2, -0.15) is 0 Å². The summed E-state index contributed by atoms with van der Waals surface area (Å²) in [6, 6.07) is 14.5. The Morgan fingerprint density at radius 1 is 0.971 bits per heavy atom. The molecule has 4 aromatic rings. The number of carbonyl (C=O) groups excluding carboxylic acids is 1. The number of aryl methyl sites for hydroxylation is 2. The van der Waals surface area contributed by atoms with Gasteiger partial charge in [0.1, 0.15) is 28.0 Å². The van der Waals surface area contributed by atoms with Crippen LogP contribution in [0.5, 0.6) is 11.5 Å². The highest BCUT2D eigenvalue weighted by atomic mass is 35.5. The summed E-state index contributed by atoms with van der Waals surface area (Å²) in [4.78, 5) is 26.4. The molecular weight excluding hydrogens is 468 g/mol. The molecule has 1 saturated heterocycles. The van der Waals surface area contributed by atoms with E-state index in [2.05, 4.69) is 15.2 Å². The van der Waals surface area contributed by atoms with E-state index in [1.54, 1.807) is 12.1 Å². The average molecular weight is 493 g/mol. The number of carbonyl (C=O) groups is 1. The third kappa shape index (κ3) is 4.72. The summed E-state index contributed by atoms with van der Waals surface area (Å²) in [5.74, 6) is 2.92. The number of nitrogens with one attached hydrogen (secondary N) is 1. The standard InChI is InChI=1S/C26H25ClN4O2S/c1-16-22-24(31-14-4-3-5-15-31)28-17(2)29-26(22)34-23(16)25(32)30-19-8-12-21(13-9-19)33-20-10-6-18(27)7-11-20/h6-13H,3-5,14-15H2,1-2H3,(H,30,32). The molecule has 1 N–H and O–H groups in total. The number of anilines is 2. The summed E-state index contributed by atoms with van der Waals surface area (Å²) in [6.45, 7) is 5.89. The monoisotopic (exact) mass is 492 g/mol. The van der Waals surface area contributed by atoms with E-state index >= 15 is 0 Å². The Kier molecular flexibility index (Phi) is 6.39. The maximum Gasteiger partial charge on any atom is 0.266 e. The molecule has 1 aliphatic rings. The Hall–Kier alpha value is -3.16. The van der Waals surface area contributed by atoms with Crippen LogP contribution < -0.4 is 15.0 Å². The number of fused-ring (bicyclic) bond motifs is 1. The van der Waals surface area contributed by atoms with Gasteiger partial charge in [0.2, 0.25) is 0 Å². The minimum absolute atomic E-state index is 0.144. The molecule has 8 heteroatoms. The number of piperidine rings is 1. The number of benzene rings is 2. The fourth-order valence-electron chi connectivity index (χ4n) is 4.21. The van der Waals surface area contributed by atoms with Gasteiger partial charge in [0.15, 0.2) is 0 Å². The van der Waals surface area contributed by atoms with Crippen LogP contribution in [-0.4, -0.2) is 29.0 Å². The Morgan fingerprint density at radius 3 is 2.29 bits per heavy atom. The first-order chi connectivity index (χ1) is 16.5. The molecule has 2 aromatic carbocycles. The number of amides is 1. The molecule has 5 rings (SSSR count). The quantitative estimate of drug-likeness (QED) is 0.325. The van der Waals surface area contributed by atoms with Crippen molar-refractivity contribution in [2.24, 2.45) is 0 Å². The number of hydrogen-bond donors (Lipinski definition) is 1. The molecule has 2 aromatic heterocycles. The number of halogens is 1. The SMILES string of the molecule is Cc1nc(N2CCCCC2)c2c(C)c(C(=O)Nc3ccc(Oc4ccc(Cl)cc4)cc3)sc2n1. The topological polar surface area (TPSA) is 67.4 Å². The molecule has 0 spiro atoms. The van der Waals surface area contributed by atoms with E-state index in [-0.39, 0.29) is 5.91 Å². The smallest absolute Gasteiger partial charge is 0.266 e. The van der Waals surface area contributed by atoms with Crippen LogP contribution in [0.2, 0.25) is 5.02 Å². The second-order valence-corrected chi connectivity index (χ2v) is 9.85. The summed E-state index contributed by atoms with van der Waals surface area (Å²) in [6.07, 6.45) is 3.58. The maximum atomic E-state index is 13.2. The van der Waals surface area contributed by atoms with Crippen molar-refractivity contribution >= 4 is 50.6 Å². The number of aromatic nitrogens is 2. The molecule has 3 heterocycles. The molecular formula is C26H25ClN4O2S. The Bertz CT molecular complexity index is 1330. The van der Waals surface area contributed by atoms with Crippen molar-refractivity contribution in [2.75, 3.05) is 23.3 Å². The Labute approximate surface area is 207 Å². The zero-order valence-electron chi connectivity index (χ0n) is 19.1. The van der Waals surface area contributed by atoms with E-state index in [1.165, 1.54) is 30.6 Å². The van der Waals surface area contributed by atoms with Gasteiger partial charge in [-0.1, -0.05) is 11.6 Å². The van der Waals surface area contributed by atoms with Crippen LogP contribution in [0.3, 0.4) is 0 Å². The number of nitrogens with zero attached hydrogens (tertiary/aromatic N) is 3. The second kappa shape index (κ2) is 9.60. The van der Waals surface area contributed by atoms with Gasteiger partial charge in [0.05, 0.1) is 10.3 Å². The first-order valence-corrected chi connectivity index (χ1v) is 12.5. The number of thiophene rings is 1. The van der Waals surface area contributed by atoms with Gasteiger partial charge < -0.3 is 15.0 Å². The van der Waals surface area contributed by atoms with E-state index in [0.29, 0.717) is 27.1 Å².